The summed E-state index contributed by atoms with van der Waals surface area (Å²) in [6, 6.07) is 15.9. The Morgan fingerprint density at radius 1 is 1.04 bits per heavy atom. The van der Waals surface area contributed by atoms with Gasteiger partial charge in [-0.3, -0.25) is 14.6 Å². The van der Waals surface area contributed by atoms with Gasteiger partial charge >= 0.3 is 0 Å². The minimum atomic E-state index is -0.629. The summed E-state index contributed by atoms with van der Waals surface area (Å²) in [5, 5.41) is 8.87. The van der Waals surface area contributed by atoms with Gasteiger partial charge in [0.25, 0.3) is 5.91 Å². The zero-order valence-electron chi connectivity index (χ0n) is 12.4. The van der Waals surface area contributed by atoms with Crippen molar-refractivity contribution in [2.24, 2.45) is 4.99 Å². The van der Waals surface area contributed by atoms with E-state index in [0.717, 1.165) is 0 Å². The number of rotatable bonds is 4. The molecule has 1 N–H and O–H groups in total. The second-order valence-electron chi connectivity index (χ2n) is 5.16. The second kappa shape index (κ2) is 6.54. The van der Waals surface area contributed by atoms with E-state index in [0.29, 0.717) is 16.8 Å². The fourth-order valence-electron chi connectivity index (χ4n) is 2.66. The molecular weight excluding hydrogens is 292 g/mol. The van der Waals surface area contributed by atoms with Crippen LogP contribution in [0.4, 0.5) is 5.69 Å². The van der Waals surface area contributed by atoms with Gasteiger partial charge in [-0.15, -0.1) is 0 Å². The minimum Gasteiger partial charge on any atom is -0.394 e. The minimum absolute atomic E-state index is 0.0829. The number of aliphatic imine (C=N–C) groups is 1. The molecule has 0 bridgehead atoms. The van der Waals surface area contributed by atoms with E-state index >= 15 is 0 Å². The van der Waals surface area contributed by atoms with E-state index in [1.807, 2.05) is 6.07 Å². The highest BCUT2D eigenvalue weighted by molar-refractivity contribution is 6.29. The van der Waals surface area contributed by atoms with E-state index in [1.165, 1.54) is 11.1 Å². The summed E-state index contributed by atoms with van der Waals surface area (Å²) in [7, 11) is 0. The Hall–Kier alpha value is -2.79. The molecule has 1 aliphatic rings. The standard InChI is InChI=1S/C18H16N2O3/c21-11-10-19-12-16-14-8-4-5-9-15(14)17(22)20(18(16)23)13-6-2-1-3-7-13/h1-9,12,16,21H,10-11H2/t16-/m1/s1. The number of hydrogen-bond donors (Lipinski definition) is 1. The maximum Gasteiger partial charge on any atom is 0.265 e. The molecule has 23 heavy (non-hydrogen) atoms. The number of para-hydroxylation sites is 1. The van der Waals surface area contributed by atoms with Crippen molar-refractivity contribution in [3.8, 4) is 0 Å². The highest BCUT2D eigenvalue weighted by Gasteiger charge is 2.38. The van der Waals surface area contributed by atoms with Crippen LogP contribution in [0.25, 0.3) is 0 Å². The molecule has 3 rings (SSSR count). The summed E-state index contributed by atoms with van der Waals surface area (Å²) in [5.41, 5.74) is 1.69. The monoisotopic (exact) mass is 308 g/mol. The molecule has 5 heteroatoms. The smallest absolute Gasteiger partial charge is 0.265 e. The summed E-state index contributed by atoms with van der Waals surface area (Å²) in [6.07, 6.45) is 1.51. The van der Waals surface area contributed by atoms with Gasteiger partial charge in [-0.1, -0.05) is 36.4 Å². The highest BCUT2D eigenvalue weighted by atomic mass is 16.3. The van der Waals surface area contributed by atoms with Crippen molar-refractivity contribution in [3.05, 3.63) is 65.7 Å². The number of carbonyl (C=O) groups is 2. The quantitative estimate of drug-likeness (QED) is 0.694. The molecular formula is C18H16N2O3. The van der Waals surface area contributed by atoms with Crippen molar-refractivity contribution in [2.45, 2.75) is 5.92 Å². The van der Waals surface area contributed by atoms with Crippen LogP contribution in [0.3, 0.4) is 0 Å². The third-order valence-corrected chi connectivity index (χ3v) is 3.71. The third-order valence-electron chi connectivity index (χ3n) is 3.71. The lowest BCUT2D eigenvalue weighted by molar-refractivity contribution is -0.118. The average Bonchev–Trinajstić information content (AvgIpc) is 2.59. The van der Waals surface area contributed by atoms with Crippen molar-refractivity contribution < 1.29 is 14.7 Å². The maximum atomic E-state index is 12.8. The molecule has 2 amide bonds. The maximum absolute atomic E-state index is 12.8. The first-order valence-corrected chi connectivity index (χ1v) is 7.37. The number of hydrogen-bond acceptors (Lipinski definition) is 4. The van der Waals surface area contributed by atoms with Crippen molar-refractivity contribution >= 4 is 23.7 Å². The van der Waals surface area contributed by atoms with Gasteiger partial charge in [0.05, 0.1) is 24.8 Å². The van der Waals surface area contributed by atoms with Crippen LogP contribution in [0.5, 0.6) is 0 Å². The van der Waals surface area contributed by atoms with Crippen LogP contribution in [-0.4, -0.2) is 36.3 Å². The van der Waals surface area contributed by atoms with E-state index in [1.54, 1.807) is 48.5 Å². The van der Waals surface area contributed by atoms with Crippen LogP contribution < -0.4 is 4.90 Å². The summed E-state index contributed by atoms with van der Waals surface area (Å²) >= 11 is 0. The molecule has 5 nitrogen and oxygen atoms in total. The number of aliphatic hydroxyl groups is 1. The fourth-order valence-corrected chi connectivity index (χ4v) is 2.66. The predicted octanol–water partition coefficient (Wildman–Crippen LogP) is 2.02. The first-order chi connectivity index (χ1) is 11.2. The molecule has 2 aromatic rings. The van der Waals surface area contributed by atoms with Gasteiger partial charge in [-0.05, 0) is 23.8 Å². The van der Waals surface area contributed by atoms with Crippen molar-refractivity contribution in [1.82, 2.24) is 0 Å². The van der Waals surface area contributed by atoms with Crippen molar-refractivity contribution in [2.75, 3.05) is 18.1 Å². The molecule has 0 radical (unpaired) electrons. The molecule has 1 heterocycles. The number of benzene rings is 2. The Morgan fingerprint density at radius 3 is 2.48 bits per heavy atom. The lowest BCUT2D eigenvalue weighted by Crippen LogP contribution is -2.45. The van der Waals surface area contributed by atoms with E-state index in [2.05, 4.69) is 4.99 Å². The molecule has 1 atom stereocenters. The summed E-state index contributed by atoms with van der Waals surface area (Å²) in [5.74, 6) is -1.29. The summed E-state index contributed by atoms with van der Waals surface area (Å²) in [6.45, 7) is 0.144. The average molecular weight is 308 g/mol. The topological polar surface area (TPSA) is 70.0 Å². The van der Waals surface area contributed by atoms with Crippen LogP contribution in [0.15, 0.2) is 59.6 Å². The fraction of sp³-hybridized carbons (Fsp3) is 0.167. The second-order valence-corrected chi connectivity index (χ2v) is 5.16. The van der Waals surface area contributed by atoms with E-state index < -0.39 is 5.92 Å². The van der Waals surface area contributed by atoms with Gasteiger partial charge in [0, 0.05) is 11.8 Å². The van der Waals surface area contributed by atoms with E-state index in [9.17, 15) is 9.59 Å². The predicted molar refractivity (Wildman–Crippen MR) is 87.9 cm³/mol. The van der Waals surface area contributed by atoms with Crippen molar-refractivity contribution in [1.29, 1.82) is 0 Å². The number of amides is 2. The Balaban J connectivity index is 2.08. The number of aliphatic hydroxyl groups excluding tert-OH is 1. The SMILES string of the molecule is O=C1c2ccccc2[C@@H](C=NCCO)C(=O)N1c1ccccc1. The first kappa shape index (κ1) is 15.1. The number of carbonyl (C=O) groups excluding carboxylic acids is 2. The highest BCUT2D eigenvalue weighted by Crippen LogP contribution is 2.31. The molecule has 2 aromatic carbocycles. The Morgan fingerprint density at radius 2 is 1.74 bits per heavy atom. The van der Waals surface area contributed by atoms with Crippen LogP contribution in [-0.2, 0) is 4.79 Å². The number of imide groups is 1. The van der Waals surface area contributed by atoms with Crippen LogP contribution in [0.1, 0.15) is 21.8 Å². The molecule has 0 aromatic heterocycles. The Kier molecular flexibility index (Phi) is 4.30. The van der Waals surface area contributed by atoms with Crippen LogP contribution in [0.2, 0.25) is 0 Å². The summed E-state index contributed by atoms with van der Waals surface area (Å²) < 4.78 is 0. The normalized spacial score (nSPS) is 17.6. The zero-order chi connectivity index (χ0) is 16.2. The molecule has 0 saturated carbocycles. The summed E-state index contributed by atoms with van der Waals surface area (Å²) in [4.78, 5) is 30.8. The molecule has 0 aliphatic carbocycles. The number of anilines is 1. The molecule has 116 valence electrons. The van der Waals surface area contributed by atoms with Gasteiger partial charge < -0.3 is 5.11 Å². The lowest BCUT2D eigenvalue weighted by Gasteiger charge is -2.30. The van der Waals surface area contributed by atoms with Gasteiger partial charge in [0.2, 0.25) is 5.91 Å². The zero-order valence-corrected chi connectivity index (χ0v) is 12.4. The molecule has 1 aliphatic heterocycles. The molecule has 0 saturated heterocycles. The van der Waals surface area contributed by atoms with Crippen LogP contribution in [0, 0.1) is 0 Å². The largest absolute Gasteiger partial charge is 0.394 e. The first-order valence-electron chi connectivity index (χ1n) is 7.37. The van der Waals surface area contributed by atoms with Crippen LogP contribution >= 0.6 is 0 Å². The molecule has 0 unspecified atom stereocenters. The van der Waals surface area contributed by atoms with Gasteiger partial charge in [-0.25, -0.2) is 4.90 Å². The molecule has 0 fully saturated rings. The van der Waals surface area contributed by atoms with Gasteiger partial charge in [-0.2, -0.15) is 0 Å². The van der Waals surface area contributed by atoms with E-state index in [4.69, 9.17) is 5.11 Å². The molecule has 0 spiro atoms. The van der Waals surface area contributed by atoms with Crippen molar-refractivity contribution in [3.63, 3.8) is 0 Å². The number of fused-ring (bicyclic) bond motifs is 1. The van der Waals surface area contributed by atoms with E-state index in [-0.39, 0.29) is 25.0 Å². The van der Waals surface area contributed by atoms with Gasteiger partial charge in [0.1, 0.15) is 0 Å². The Bertz CT molecular complexity index is 756. The van der Waals surface area contributed by atoms with Gasteiger partial charge in [0.15, 0.2) is 0 Å². The number of nitrogens with zero attached hydrogens (tertiary/aromatic N) is 2. The lowest BCUT2D eigenvalue weighted by atomic mass is 9.89. The Labute approximate surface area is 133 Å². The third kappa shape index (κ3) is 2.78.